The molecule has 6 nitrogen and oxygen atoms in total. The molecule has 2 aromatic rings. The van der Waals surface area contributed by atoms with E-state index in [0.717, 1.165) is 55.0 Å². The predicted octanol–water partition coefficient (Wildman–Crippen LogP) is 3.72. The van der Waals surface area contributed by atoms with Crippen molar-refractivity contribution in [3.63, 3.8) is 0 Å². The standard InChI is InChI=1S/C25H33N3O3/c1-5-27(6-2)16-15-24(29)28-22-10-8-7-9-19(22)11-12-20-13-14-21(17-23(20)28)26-25(30)31-18(3)4/h7-10,13-14,17-18H,5-6,11-12,15-16H2,1-4H3,(H,26,30)/p+1. The maximum atomic E-state index is 13.5. The minimum absolute atomic E-state index is 0.0805. The molecule has 2 amide bonds. The first kappa shape index (κ1) is 22.8. The summed E-state index contributed by atoms with van der Waals surface area (Å²) in [4.78, 5) is 28.8. The van der Waals surface area contributed by atoms with Gasteiger partial charge in [0.05, 0.1) is 43.5 Å². The molecule has 2 aromatic carbocycles. The van der Waals surface area contributed by atoms with Gasteiger partial charge in [-0.1, -0.05) is 24.3 Å². The fraction of sp³-hybridized carbons (Fsp3) is 0.440. The zero-order valence-electron chi connectivity index (χ0n) is 19.0. The SMILES string of the molecule is CC[NH+](CC)CCC(=O)N1c2ccccc2CCc2ccc(NC(=O)OC(C)C)cc21. The second-order valence-corrected chi connectivity index (χ2v) is 8.24. The normalized spacial score (nSPS) is 12.9. The van der Waals surface area contributed by atoms with E-state index in [1.54, 1.807) is 0 Å². The molecule has 1 heterocycles. The monoisotopic (exact) mass is 424 g/mol. The highest BCUT2D eigenvalue weighted by Gasteiger charge is 2.27. The molecule has 6 heteroatoms. The molecule has 0 spiro atoms. The van der Waals surface area contributed by atoms with Crippen LogP contribution in [0.1, 0.15) is 45.2 Å². The number of carbonyl (C=O) groups excluding carboxylic acids is 2. The Bertz CT molecular complexity index is 922. The van der Waals surface area contributed by atoms with Gasteiger partial charge in [-0.25, -0.2) is 4.79 Å². The van der Waals surface area contributed by atoms with Gasteiger partial charge in [0.1, 0.15) is 0 Å². The summed E-state index contributed by atoms with van der Waals surface area (Å²) in [5.41, 5.74) is 4.66. The molecule has 0 radical (unpaired) electrons. The van der Waals surface area contributed by atoms with E-state index in [2.05, 4.69) is 25.2 Å². The number of hydrogen-bond acceptors (Lipinski definition) is 3. The van der Waals surface area contributed by atoms with Crippen molar-refractivity contribution in [1.82, 2.24) is 0 Å². The van der Waals surface area contributed by atoms with Gasteiger partial charge >= 0.3 is 6.09 Å². The van der Waals surface area contributed by atoms with Gasteiger partial charge in [0.2, 0.25) is 5.91 Å². The van der Waals surface area contributed by atoms with E-state index >= 15 is 0 Å². The number of rotatable bonds is 7. The van der Waals surface area contributed by atoms with Crippen molar-refractivity contribution < 1.29 is 19.2 Å². The van der Waals surface area contributed by atoms with Crippen LogP contribution < -0.4 is 15.1 Å². The number of nitrogens with one attached hydrogen (secondary N) is 2. The number of nitrogens with zero attached hydrogens (tertiary/aromatic N) is 1. The second-order valence-electron chi connectivity index (χ2n) is 8.24. The second kappa shape index (κ2) is 10.4. The summed E-state index contributed by atoms with van der Waals surface area (Å²) in [6, 6.07) is 13.9. The van der Waals surface area contributed by atoms with Gasteiger partial charge in [0, 0.05) is 5.69 Å². The predicted molar refractivity (Wildman–Crippen MR) is 124 cm³/mol. The minimum atomic E-state index is -0.494. The molecule has 0 atom stereocenters. The quantitative estimate of drug-likeness (QED) is 0.712. The third kappa shape index (κ3) is 5.64. The molecule has 3 rings (SSSR count). The van der Waals surface area contributed by atoms with E-state index in [1.165, 1.54) is 4.90 Å². The Hall–Kier alpha value is -2.86. The van der Waals surface area contributed by atoms with Crippen molar-refractivity contribution in [1.29, 1.82) is 0 Å². The molecule has 2 N–H and O–H groups in total. The number of aryl methyl sites for hydroxylation is 2. The summed E-state index contributed by atoms with van der Waals surface area (Å²) in [5.74, 6) is 0.0805. The molecule has 0 saturated carbocycles. The summed E-state index contributed by atoms with van der Waals surface area (Å²) in [6.45, 7) is 10.7. The largest absolute Gasteiger partial charge is 0.447 e. The topological polar surface area (TPSA) is 63.1 Å². The van der Waals surface area contributed by atoms with Crippen LogP contribution in [0.25, 0.3) is 0 Å². The van der Waals surface area contributed by atoms with Crippen LogP contribution in [0, 0.1) is 0 Å². The van der Waals surface area contributed by atoms with Gasteiger partial charge in [-0.15, -0.1) is 0 Å². The highest BCUT2D eigenvalue weighted by molar-refractivity contribution is 6.03. The van der Waals surface area contributed by atoms with Crippen LogP contribution in [-0.2, 0) is 22.4 Å². The molecule has 0 unspecified atom stereocenters. The molecule has 0 bridgehead atoms. The summed E-state index contributed by atoms with van der Waals surface area (Å²) < 4.78 is 5.21. The first-order chi connectivity index (χ1) is 14.9. The Morgan fingerprint density at radius 2 is 1.71 bits per heavy atom. The lowest BCUT2D eigenvalue weighted by Crippen LogP contribution is -3.11. The zero-order chi connectivity index (χ0) is 22.4. The number of hydrogen-bond donors (Lipinski definition) is 2. The third-order valence-corrected chi connectivity index (χ3v) is 5.75. The average Bonchev–Trinajstić information content (AvgIpc) is 2.90. The lowest BCUT2D eigenvalue weighted by molar-refractivity contribution is -0.895. The Balaban J connectivity index is 1.95. The Morgan fingerprint density at radius 3 is 2.39 bits per heavy atom. The highest BCUT2D eigenvalue weighted by Crippen LogP contribution is 2.38. The highest BCUT2D eigenvalue weighted by atomic mass is 16.6. The van der Waals surface area contributed by atoms with Crippen LogP contribution in [0.2, 0.25) is 0 Å². The third-order valence-electron chi connectivity index (χ3n) is 5.75. The Kier molecular flexibility index (Phi) is 7.69. The van der Waals surface area contributed by atoms with Gasteiger partial charge in [0.25, 0.3) is 0 Å². The molecule has 31 heavy (non-hydrogen) atoms. The zero-order valence-corrected chi connectivity index (χ0v) is 19.0. The Morgan fingerprint density at radius 1 is 1.03 bits per heavy atom. The number of para-hydroxylation sites is 1. The van der Waals surface area contributed by atoms with Crippen molar-refractivity contribution in [2.75, 3.05) is 29.9 Å². The Labute approximate surface area is 185 Å². The fourth-order valence-electron chi connectivity index (χ4n) is 4.03. The van der Waals surface area contributed by atoms with Crippen LogP contribution in [-0.4, -0.2) is 37.7 Å². The molecule has 0 saturated heterocycles. The van der Waals surface area contributed by atoms with E-state index in [9.17, 15) is 9.59 Å². The van der Waals surface area contributed by atoms with Crippen molar-refractivity contribution in [2.24, 2.45) is 0 Å². The smallest absolute Gasteiger partial charge is 0.411 e. The van der Waals surface area contributed by atoms with E-state index in [-0.39, 0.29) is 12.0 Å². The van der Waals surface area contributed by atoms with Crippen LogP contribution in [0.5, 0.6) is 0 Å². The number of quaternary nitrogens is 1. The molecule has 166 valence electrons. The number of carbonyl (C=O) groups is 2. The number of ether oxygens (including phenoxy) is 1. The number of anilines is 3. The summed E-state index contributed by atoms with van der Waals surface area (Å²) in [6.07, 6.45) is 1.49. The van der Waals surface area contributed by atoms with Crippen molar-refractivity contribution in [2.45, 2.75) is 53.1 Å². The maximum absolute atomic E-state index is 13.5. The lowest BCUT2D eigenvalue weighted by atomic mass is 10.0. The van der Waals surface area contributed by atoms with Crippen molar-refractivity contribution in [3.05, 3.63) is 53.6 Å². The molecule has 1 aliphatic rings. The van der Waals surface area contributed by atoms with Gasteiger partial charge in [-0.2, -0.15) is 0 Å². The van der Waals surface area contributed by atoms with Crippen LogP contribution in [0.3, 0.4) is 0 Å². The van der Waals surface area contributed by atoms with Crippen molar-refractivity contribution >= 4 is 29.1 Å². The van der Waals surface area contributed by atoms with E-state index in [4.69, 9.17) is 4.74 Å². The van der Waals surface area contributed by atoms with Gasteiger partial charge < -0.3 is 9.64 Å². The van der Waals surface area contributed by atoms with Gasteiger partial charge in [-0.05, 0) is 69.9 Å². The van der Waals surface area contributed by atoms with E-state index in [1.807, 2.05) is 55.1 Å². The first-order valence-electron chi connectivity index (χ1n) is 11.3. The van der Waals surface area contributed by atoms with Crippen molar-refractivity contribution in [3.8, 4) is 0 Å². The minimum Gasteiger partial charge on any atom is -0.447 e. The lowest BCUT2D eigenvalue weighted by Gasteiger charge is -2.26. The van der Waals surface area contributed by atoms with Crippen LogP contribution in [0.15, 0.2) is 42.5 Å². The molecular weight excluding hydrogens is 390 g/mol. The molecular formula is C25H34N3O3+. The summed E-state index contributed by atoms with van der Waals surface area (Å²) in [5, 5.41) is 2.79. The number of amides is 2. The first-order valence-corrected chi connectivity index (χ1v) is 11.3. The van der Waals surface area contributed by atoms with E-state index < -0.39 is 6.09 Å². The van der Waals surface area contributed by atoms with Gasteiger partial charge in [-0.3, -0.25) is 15.0 Å². The number of benzene rings is 2. The van der Waals surface area contributed by atoms with Gasteiger partial charge in [0.15, 0.2) is 0 Å². The molecule has 0 aliphatic carbocycles. The van der Waals surface area contributed by atoms with E-state index in [0.29, 0.717) is 12.1 Å². The summed E-state index contributed by atoms with van der Waals surface area (Å²) >= 11 is 0. The molecule has 1 aliphatic heterocycles. The maximum Gasteiger partial charge on any atom is 0.411 e. The fourth-order valence-corrected chi connectivity index (χ4v) is 4.03. The summed E-state index contributed by atoms with van der Waals surface area (Å²) in [7, 11) is 0. The molecule has 0 fully saturated rings. The number of fused-ring (bicyclic) bond motifs is 2. The molecule has 0 aromatic heterocycles. The average molecular weight is 425 g/mol. The van der Waals surface area contributed by atoms with Crippen LogP contribution in [0.4, 0.5) is 21.9 Å². The van der Waals surface area contributed by atoms with Crippen LogP contribution >= 0.6 is 0 Å².